The lowest BCUT2D eigenvalue weighted by molar-refractivity contribution is -0.109. The first-order valence-corrected chi connectivity index (χ1v) is 5.55. The number of hydrogen-bond acceptors (Lipinski definition) is 3. The maximum Gasteiger partial charge on any atom is 0.185 e. The summed E-state index contributed by atoms with van der Waals surface area (Å²) in [5, 5.41) is 0.231. The van der Waals surface area contributed by atoms with Crippen LogP contribution in [0, 0.1) is 0 Å². The second kappa shape index (κ2) is 7.62. The molecule has 0 rings (SSSR count). The quantitative estimate of drug-likeness (QED) is 0.596. The van der Waals surface area contributed by atoms with Gasteiger partial charge in [0.1, 0.15) is 0 Å². The van der Waals surface area contributed by atoms with Crippen LogP contribution in [0.1, 0.15) is 27.2 Å². The minimum Gasteiger partial charge on any atom is -0.304 e. The minimum atomic E-state index is 0.231. The molecule has 0 bridgehead atoms. The summed E-state index contributed by atoms with van der Waals surface area (Å²) < 4.78 is 0. The zero-order valence-corrected chi connectivity index (χ0v) is 9.12. The van der Waals surface area contributed by atoms with Crippen molar-refractivity contribution in [1.82, 2.24) is 4.90 Å². The van der Waals surface area contributed by atoms with Crippen LogP contribution < -0.4 is 0 Å². The van der Waals surface area contributed by atoms with Gasteiger partial charge in [-0.25, -0.2) is 0 Å². The van der Waals surface area contributed by atoms with Gasteiger partial charge < -0.3 is 4.90 Å². The van der Waals surface area contributed by atoms with E-state index in [9.17, 15) is 4.79 Å². The van der Waals surface area contributed by atoms with Crippen LogP contribution in [0.15, 0.2) is 0 Å². The number of nitrogens with zero attached hydrogens (tertiary/aromatic N) is 1. The highest BCUT2D eigenvalue weighted by atomic mass is 32.2. The Hall–Kier alpha value is -0.0200. The van der Waals surface area contributed by atoms with Gasteiger partial charge in [-0.2, -0.15) is 0 Å². The van der Waals surface area contributed by atoms with Crippen molar-refractivity contribution in [3.63, 3.8) is 0 Å². The fourth-order valence-corrected chi connectivity index (χ4v) is 1.60. The van der Waals surface area contributed by atoms with Gasteiger partial charge in [0.05, 0.1) is 0 Å². The third-order valence-corrected chi connectivity index (χ3v) is 2.72. The Morgan fingerprint density at radius 2 is 1.92 bits per heavy atom. The first kappa shape index (κ1) is 12.0. The van der Waals surface area contributed by atoms with Gasteiger partial charge in [0, 0.05) is 12.7 Å². The normalized spacial score (nSPS) is 10.7. The van der Waals surface area contributed by atoms with Crippen molar-refractivity contribution in [1.29, 1.82) is 0 Å². The molecule has 0 radical (unpaired) electrons. The highest BCUT2D eigenvalue weighted by Gasteiger charge is 1.99. The monoisotopic (exact) mass is 189 g/mol. The molecule has 0 saturated carbocycles. The van der Waals surface area contributed by atoms with Gasteiger partial charge in [-0.3, -0.25) is 4.79 Å². The lowest BCUT2D eigenvalue weighted by Gasteiger charge is -2.16. The maximum atomic E-state index is 10.6. The van der Waals surface area contributed by atoms with Crippen molar-refractivity contribution in [2.75, 3.05) is 25.4 Å². The molecule has 0 aliphatic carbocycles. The molecule has 0 aromatic rings. The van der Waals surface area contributed by atoms with Crippen LogP contribution in [0.2, 0.25) is 0 Å². The molecule has 72 valence electrons. The standard InChI is InChI=1S/C9H19NOS/c1-4-10(5-2)7-6-8-12-9(3)11/h4-8H2,1-3H3. The lowest BCUT2D eigenvalue weighted by Crippen LogP contribution is -2.24. The van der Waals surface area contributed by atoms with Crippen LogP contribution in [-0.2, 0) is 4.79 Å². The van der Waals surface area contributed by atoms with E-state index in [0.29, 0.717) is 0 Å². The van der Waals surface area contributed by atoms with Gasteiger partial charge in [0.15, 0.2) is 5.12 Å². The summed E-state index contributed by atoms with van der Waals surface area (Å²) in [6.45, 7) is 9.31. The third kappa shape index (κ3) is 6.68. The van der Waals surface area contributed by atoms with E-state index in [1.807, 2.05) is 0 Å². The summed E-state index contributed by atoms with van der Waals surface area (Å²) in [6.07, 6.45) is 1.12. The van der Waals surface area contributed by atoms with Crippen molar-refractivity contribution in [2.24, 2.45) is 0 Å². The first-order chi connectivity index (χ1) is 5.70. The Balaban J connectivity index is 3.23. The number of thioether (sulfide) groups is 1. The molecule has 0 saturated heterocycles. The van der Waals surface area contributed by atoms with E-state index in [1.54, 1.807) is 6.92 Å². The summed E-state index contributed by atoms with van der Waals surface area (Å²) in [7, 11) is 0. The van der Waals surface area contributed by atoms with E-state index < -0.39 is 0 Å². The summed E-state index contributed by atoms with van der Waals surface area (Å²) in [5.74, 6) is 0.964. The average Bonchev–Trinajstić information content (AvgIpc) is 2.04. The number of hydrogen-bond donors (Lipinski definition) is 0. The van der Waals surface area contributed by atoms with Crippen LogP contribution in [0.4, 0.5) is 0 Å². The molecular formula is C9H19NOS. The van der Waals surface area contributed by atoms with Gasteiger partial charge >= 0.3 is 0 Å². The van der Waals surface area contributed by atoms with Crippen molar-refractivity contribution in [2.45, 2.75) is 27.2 Å². The summed E-state index contributed by atoms with van der Waals surface area (Å²) in [5.41, 5.74) is 0. The number of rotatable bonds is 6. The smallest absolute Gasteiger partial charge is 0.185 e. The molecule has 0 aliphatic rings. The Kier molecular flexibility index (Phi) is 7.61. The minimum absolute atomic E-state index is 0.231. The molecule has 0 aliphatic heterocycles. The molecule has 0 aromatic heterocycles. The topological polar surface area (TPSA) is 20.3 Å². The van der Waals surface area contributed by atoms with Gasteiger partial charge in [-0.1, -0.05) is 25.6 Å². The Morgan fingerprint density at radius 3 is 2.33 bits per heavy atom. The average molecular weight is 189 g/mol. The highest BCUT2D eigenvalue weighted by Crippen LogP contribution is 2.03. The predicted octanol–water partition coefficient (Wildman–Crippen LogP) is 2.00. The Bertz CT molecular complexity index is 124. The van der Waals surface area contributed by atoms with Crippen molar-refractivity contribution < 1.29 is 4.79 Å². The van der Waals surface area contributed by atoms with Crippen LogP contribution in [0.3, 0.4) is 0 Å². The van der Waals surface area contributed by atoms with Gasteiger partial charge in [0.25, 0.3) is 0 Å². The second-order valence-corrected chi connectivity index (χ2v) is 3.99. The summed E-state index contributed by atoms with van der Waals surface area (Å²) in [6, 6.07) is 0. The molecule has 0 heterocycles. The predicted molar refractivity (Wildman–Crippen MR) is 55.5 cm³/mol. The highest BCUT2D eigenvalue weighted by molar-refractivity contribution is 8.13. The lowest BCUT2D eigenvalue weighted by atomic mass is 10.4. The van der Waals surface area contributed by atoms with Crippen LogP contribution in [-0.4, -0.2) is 35.4 Å². The van der Waals surface area contributed by atoms with Crippen LogP contribution >= 0.6 is 11.8 Å². The van der Waals surface area contributed by atoms with Crippen LogP contribution in [0.5, 0.6) is 0 Å². The molecule has 0 spiro atoms. The number of carbonyl (C=O) groups is 1. The molecular weight excluding hydrogens is 170 g/mol. The SMILES string of the molecule is CCN(CC)CCCSC(C)=O. The molecule has 3 heteroatoms. The van der Waals surface area contributed by atoms with E-state index in [4.69, 9.17) is 0 Å². The maximum absolute atomic E-state index is 10.6. The van der Waals surface area contributed by atoms with E-state index in [2.05, 4.69) is 18.7 Å². The third-order valence-electron chi connectivity index (χ3n) is 1.82. The Morgan fingerprint density at radius 1 is 1.33 bits per heavy atom. The molecule has 0 atom stereocenters. The second-order valence-electron chi connectivity index (χ2n) is 2.72. The van der Waals surface area contributed by atoms with Gasteiger partial charge in [-0.05, 0) is 26.1 Å². The van der Waals surface area contributed by atoms with E-state index in [1.165, 1.54) is 11.8 Å². The zero-order valence-electron chi connectivity index (χ0n) is 8.30. The molecule has 2 nitrogen and oxygen atoms in total. The van der Waals surface area contributed by atoms with Crippen molar-refractivity contribution >= 4 is 16.9 Å². The molecule has 0 aromatic carbocycles. The van der Waals surface area contributed by atoms with E-state index in [0.717, 1.165) is 31.8 Å². The fraction of sp³-hybridized carbons (Fsp3) is 0.889. The molecule has 0 fully saturated rings. The fourth-order valence-electron chi connectivity index (χ4n) is 1.04. The van der Waals surface area contributed by atoms with E-state index >= 15 is 0 Å². The summed E-state index contributed by atoms with van der Waals surface area (Å²) >= 11 is 1.43. The first-order valence-electron chi connectivity index (χ1n) is 4.56. The van der Waals surface area contributed by atoms with Gasteiger partial charge in [0.2, 0.25) is 0 Å². The molecule has 0 amide bonds. The van der Waals surface area contributed by atoms with E-state index in [-0.39, 0.29) is 5.12 Å². The van der Waals surface area contributed by atoms with Gasteiger partial charge in [-0.15, -0.1) is 0 Å². The largest absolute Gasteiger partial charge is 0.304 e. The van der Waals surface area contributed by atoms with Crippen LogP contribution in [0.25, 0.3) is 0 Å². The van der Waals surface area contributed by atoms with Crippen molar-refractivity contribution in [3.8, 4) is 0 Å². The zero-order chi connectivity index (χ0) is 9.40. The molecule has 0 N–H and O–H groups in total. The molecule has 0 unspecified atom stereocenters. The summed E-state index contributed by atoms with van der Waals surface area (Å²) in [4.78, 5) is 13.0. The molecule has 12 heavy (non-hydrogen) atoms. The van der Waals surface area contributed by atoms with Crippen molar-refractivity contribution in [3.05, 3.63) is 0 Å². The number of carbonyl (C=O) groups excluding carboxylic acids is 1. The Labute approximate surface area is 79.7 Å².